The molecule has 0 saturated heterocycles. The Hall–Kier alpha value is -3.20. The monoisotopic (exact) mass is 675 g/mol. The summed E-state index contributed by atoms with van der Waals surface area (Å²) in [5.74, 6) is -0.198. The Morgan fingerprint density at radius 1 is 0.936 bits per heavy atom. The lowest BCUT2D eigenvalue weighted by Crippen LogP contribution is -2.33. The SMILES string of the molecule is CN(C)CCCN(C)C1CCCC(C(O)c2[nH]c3cc(Cl)ccc3c2-c2c(-c3ccc(F)cc3)cnn2Cc2ccc(Cl)cc2)CC1. The van der Waals surface area contributed by atoms with Gasteiger partial charge in [-0.3, -0.25) is 4.68 Å². The molecule has 1 aliphatic rings. The molecule has 0 radical (unpaired) electrons. The first-order valence-electron chi connectivity index (χ1n) is 16.6. The van der Waals surface area contributed by atoms with E-state index in [9.17, 15) is 9.50 Å². The van der Waals surface area contributed by atoms with E-state index in [4.69, 9.17) is 28.3 Å². The van der Waals surface area contributed by atoms with Gasteiger partial charge in [0.2, 0.25) is 0 Å². The summed E-state index contributed by atoms with van der Waals surface area (Å²) >= 11 is 12.7. The number of halogens is 3. The van der Waals surface area contributed by atoms with Crippen LogP contribution in [0.5, 0.6) is 0 Å². The standard InChI is InChI=1S/C38H44Cl2FN5O/c1-44(2)20-5-21-45(3)31-7-4-6-27(12-18-31)38(47)36-35(32-19-15-29(40)22-34(32)43-36)37-33(26-10-16-30(41)17-11-26)23-42-46(37)24-25-8-13-28(39)14-9-25/h8-11,13-17,19,22-23,27,31,38,43,47H,4-7,12,18,20-21,24H2,1-3H3. The maximum absolute atomic E-state index is 14.0. The van der Waals surface area contributed by atoms with E-state index in [0.29, 0.717) is 22.6 Å². The molecule has 0 aliphatic heterocycles. The number of benzene rings is 3. The van der Waals surface area contributed by atoms with Gasteiger partial charge in [-0.05, 0) is 120 Å². The van der Waals surface area contributed by atoms with E-state index in [0.717, 1.165) is 96.2 Å². The average Bonchev–Trinajstić information content (AvgIpc) is 3.52. The molecule has 6 rings (SSSR count). The van der Waals surface area contributed by atoms with Crippen LogP contribution in [0, 0.1) is 11.7 Å². The van der Waals surface area contributed by atoms with Crippen LogP contribution in [0.15, 0.2) is 72.9 Å². The van der Waals surface area contributed by atoms with E-state index in [-0.39, 0.29) is 11.7 Å². The normalized spacial score (nSPS) is 17.9. The highest BCUT2D eigenvalue weighted by atomic mass is 35.5. The quantitative estimate of drug-likeness (QED) is 0.137. The smallest absolute Gasteiger partial charge is 0.123 e. The zero-order chi connectivity index (χ0) is 33.1. The highest BCUT2D eigenvalue weighted by Gasteiger charge is 2.32. The average molecular weight is 677 g/mol. The number of H-pyrrole nitrogens is 1. The minimum Gasteiger partial charge on any atom is -0.387 e. The van der Waals surface area contributed by atoms with E-state index in [1.54, 1.807) is 12.1 Å². The molecule has 1 fully saturated rings. The van der Waals surface area contributed by atoms with Crippen molar-refractivity contribution in [3.05, 3.63) is 100 Å². The Balaban J connectivity index is 1.39. The lowest BCUT2D eigenvalue weighted by Gasteiger charge is -2.28. The molecule has 0 bridgehead atoms. The molecule has 1 aliphatic carbocycles. The predicted molar refractivity (Wildman–Crippen MR) is 192 cm³/mol. The Kier molecular flexibility index (Phi) is 10.7. The van der Waals surface area contributed by atoms with Crippen molar-refractivity contribution < 1.29 is 9.50 Å². The number of aromatic nitrogens is 3. The molecule has 2 aromatic heterocycles. The number of hydrogen-bond acceptors (Lipinski definition) is 4. The largest absolute Gasteiger partial charge is 0.387 e. The maximum atomic E-state index is 14.0. The van der Waals surface area contributed by atoms with Gasteiger partial charge in [0, 0.05) is 38.1 Å². The van der Waals surface area contributed by atoms with Gasteiger partial charge < -0.3 is 19.9 Å². The van der Waals surface area contributed by atoms with Crippen LogP contribution in [0.4, 0.5) is 4.39 Å². The Labute approximate surface area is 287 Å². The van der Waals surface area contributed by atoms with Crippen molar-refractivity contribution in [3.63, 3.8) is 0 Å². The van der Waals surface area contributed by atoms with Gasteiger partial charge in [-0.2, -0.15) is 5.10 Å². The number of fused-ring (bicyclic) bond motifs is 1. The van der Waals surface area contributed by atoms with Crippen LogP contribution in [0.1, 0.15) is 55.9 Å². The highest BCUT2D eigenvalue weighted by molar-refractivity contribution is 6.31. The molecule has 47 heavy (non-hydrogen) atoms. The van der Waals surface area contributed by atoms with E-state index < -0.39 is 6.10 Å². The Morgan fingerprint density at radius 3 is 2.43 bits per heavy atom. The first-order chi connectivity index (χ1) is 22.7. The number of nitrogens with zero attached hydrogens (tertiary/aromatic N) is 4. The Morgan fingerprint density at radius 2 is 1.68 bits per heavy atom. The van der Waals surface area contributed by atoms with Crippen LogP contribution in [0.25, 0.3) is 33.3 Å². The minimum absolute atomic E-state index is 0.0966. The van der Waals surface area contributed by atoms with Crippen molar-refractivity contribution in [2.75, 3.05) is 34.2 Å². The molecule has 3 aromatic carbocycles. The van der Waals surface area contributed by atoms with Crippen molar-refractivity contribution >= 4 is 34.1 Å². The van der Waals surface area contributed by atoms with Gasteiger partial charge in [-0.15, -0.1) is 0 Å². The molecule has 5 aromatic rings. The molecule has 3 unspecified atom stereocenters. The Bertz CT molecular complexity index is 1780. The van der Waals surface area contributed by atoms with Gasteiger partial charge >= 0.3 is 0 Å². The lowest BCUT2D eigenvalue weighted by molar-refractivity contribution is 0.0941. The molecule has 2 N–H and O–H groups in total. The molecular weight excluding hydrogens is 632 g/mol. The van der Waals surface area contributed by atoms with E-state index in [2.05, 4.69) is 35.9 Å². The second-order valence-electron chi connectivity index (χ2n) is 13.3. The summed E-state index contributed by atoms with van der Waals surface area (Å²) in [5.41, 5.74) is 6.15. The van der Waals surface area contributed by atoms with Crippen molar-refractivity contribution in [1.82, 2.24) is 24.6 Å². The summed E-state index contributed by atoms with van der Waals surface area (Å²) in [6, 6.07) is 20.6. The molecule has 1 saturated carbocycles. The summed E-state index contributed by atoms with van der Waals surface area (Å²) in [7, 11) is 6.49. The van der Waals surface area contributed by atoms with Crippen molar-refractivity contribution in [1.29, 1.82) is 0 Å². The van der Waals surface area contributed by atoms with Gasteiger partial charge in [0.15, 0.2) is 0 Å². The molecule has 3 atom stereocenters. The van der Waals surface area contributed by atoms with Gasteiger partial charge in [-0.1, -0.05) is 60.0 Å². The number of aliphatic hydroxyl groups is 1. The molecule has 0 spiro atoms. The van der Waals surface area contributed by atoms with E-state index in [1.807, 2.05) is 53.3 Å². The van der Waals surface area contributed by atoms with Gasteiger partial charge in [0.05, 0.1) is 30.2 Å². The number of rotatable bonds is 11. The molecule has 9 heteroatoms. The summed E-state index contributed by atoms with van der Waals surface area (Å²) in [6.45, 7) is 2.65. The molecule has 2 heterocycles. The summed E-state index contributed by atoms with van der Waals surface area (Å²) in [4.78, 5) is 8.35. The van der Waals surface area contributed by atoms with Gasteiger partial charge in [0.1, 0.15) is 5.82 Å². The first-order valence-corrected chi connectivity index (χ1v) is 17.3. The molecule has 248 valence electrons. The topological polar surface area (TPSA) is 60.3 Å². The summed E-state index contributed by atoms with van der Waals surface area (Å²) < 4.78 is 16.0. The maximum Gasteiger partial charge on any atom is 0.123 e. The third kappa shape index (κ3) is 7.76. The van der Waals surface area contributed by atoms with E-state index >= 15 is 0 Å². The highest BCUT2D eigenvalue weighted by Crippen LogP contribution is 2.45. The van der Waals surface area contributed by atoms with Crippen molar-refractivity contribution in [2.24, 2.45) is 5.92 Å². The van der Waals surface area contributed by atoms with E-state index in [1.165, 1.54) is 12.1 Å². The number of hydrogen-bond donors (Lipinski definition) is 2. The molecule has 0 amide bonds. The number of nitrogens with one attached hydrogen (secondary N) is 1. The predicted octanol–water partition coefficient (Wildman–Crippen LogP) is 9.06. The second-order valence-corrected chi connectivity index (χ2v) is 14.2. The molecule has 6 nitrogen and oxygen atoms in total. The fraction of sp³-hybridized carbons (Fsp3) is 0.395. The second kappa shape index (κ2) is 14.9. The summed E-state index contributed by atoms with van der Waals surface area (Å²) in [6.07, 6.45) is 7.42. The van der Waals surface area contributed by atoms with Crippen LogP contribution in [-0.2, 0) is 6.54 Å². The van der Waals surface area contributed by atoms with Crippen LogP contribution >= 0.6 is 23.2 Å². The third-order valence-electron chi connectivity index (χ3n) is 9.73. The minimum atomic E-state index is -0.714. The van der Waals surface area contributed by atoms with Gasteiger partial charge in [-0.25, -0.2) is 4.39 Å². The third-order valence-corrected chi connectivity index (χ3v) is 10.2. The summed E-state index contributed by atoms with van der Waals surface area (Å²) in [5, 5.41) is 19.4. The zero-order valence-corrected chi connectivity index (χ0v) is 28.9. The van der Waals surface area contributed by atoms with Crippen LogP contribution in [0.2, 0.25) is 10.0 Å². The zero-order valence-electron chi connectivity index (χ0n) is 27.4. The fourth-order valence-corrected chi connectivity index (χ4v) is 7.46. The fourth-order valence-electron chi connectivity index (χ4n) is 7.16. The van der Waals surface area contributed by atoms with Crippen LogP contribution in [-0.4, -0.2) is 69.9 Å². The lowest BCUT2D eigenvalue weighted by atomic mass is 9.88. The van der Waals surface area contributed by atoms with Crippen molar-refractivity contribution in [2.45, 2.75) is 57.2 Å². The van der Waals surface area contributed by atoms with Crippen LogP contribution in [0.3, 0.4) is 0 Å². The number of aromatic amines is 1. The van der Waals surface area contributed by atoms with Crippen molar-refractivity contribution in [3.8, 4) is 22.4 Å². The number of aliphatic hydroxyl groups excluding tert-OH is 1. The van der Waals surface area contributed by atoms with Gasteiger partial charge in [0.25, 0.3) is 0 Å². The first kappa shape index (κ1) is 33.7. The molecular formula is C38H44Cl2FN5O. The van der Waals surface area contributed by atoms with Crippen LogP contribution < -0.4 is 0 Å².